The molecule has 1 saturated carbocycles. The lowest BCUT2D eigenvalue weighted by Crippen LogP contribution is -2.09. The third kappa shape index (κ3) is 2.91. The van der Waals surface area contributed by atoms with Gasteiger partial charge < -0.3 is 9.84 Å². The highest BCUT2D eigenvalue weighted by Gasteiger charge is 2.20. The molecule has 0 unspecified atom stereocenters. The zero-order valence-electron chi connectivity index (χ0n) is 12.8. The number of nitrogens with zero attached hydrogens (tertiary/aromatic N) is 1. The second kappa shape index (κ2) is 6.34. The van der Waals surface area contributed by atoms with Gasteiger partial charge in [0.2, 0.25) is 0 Å². The van der Waals surface area contributed by atoms with E-state index in [0.717, 1.165) is 24.1 Å². The number of hydrogen-bond acceptors (Lipinski definition) is 3. The van der Waals surface area contributed by atoms with E-state index >= 15 is 0 Å². The molecule has 4 nitrogen and oxygen atoms in total. The van der Waals surface area contributed by atoms with Gasteiger partial charge in [-0.1, -0.05) is 19.3 Å². The summed E-state index contributed by atoms with van der Waals surface area (Å²) in [7, 11) is 0. The van der Waals surface area contributed by atoms with Crippen LogP contribution in [0.3, 0.4) is 0 Å². The molecule has 22 heavy (non-hydrogen) atoms. The number of fused-ring (bicyclic) bond motifs is 1. The molecule has 1 aromatic heterocycles. The van der Waals surface area contributed by atoms with Crippen LogP contribution in [0, 0.1) is 0 Å². The number of carboxylic acids is 1. The summed E-state index contributed by atoms with van der Waals surface area (Å²) in [5.74, 6) is 0.172. The highest BCUT2D eigenvalue weighted by Crippen LogP contribution is 2.34. The summed E-state index contributed by atoms with van der Waals surface area (Å²) in [4.78, 5) is 16.4. The van der Waals surface area contributed by atoms with Crippen molar-refractivity contribution in [3.63, 3.8) is 0 Å². The van der Waals surface area contributed by atoms with Crippen molar-refractivity contribution >= 4 is 16.9 Å². The van der Waals surface area contributed by atoms with E-state index < -0.39 is 5.97 Å². The monoisotopic (exact) mass is 299 g/mol. The van der Waals surface area contributed by atoms with Crippen LogP contribution in [0.15, 0.2) is 24.3 Å². The molecule has 0 bridgehead atoms. The zero-order chi connectivity index (χ0) is 15.5. The molecule has 2 aromatic rings. The Morgan fingerprint density at radius 2 is 2.05 bits per heavy atom. The smallest absolute Gasteiger partial charge is 0.336 e. The lowest BCUT2D eigenvalue weighted by Gasteiger charge is -2.22. The molecule has 0 amide bonds. The number of aromatic carboxylic acids is 1. The summed E-state index contributed by atoms with van der Waals surface area (Å²) in [6.07, 6.45) is 5.89. The van der Waals surface area contributed by atoms with Gasteiger partial charge in [-0.3, -0.25) is 4.98 Å². The summed E-state index contributed by atoms with van der Waals surface area (Å²) in [6, 6.07) is 7.25. The Kier molecular flexibility index (Phi) is 4.27. The van der Waals surface area contributed by atoms with Gasteiger partial charge in [-0.2, -0.15) is 0 Å². The van der Waals surface area contributed by atoms with Crippen molar-refractivity contribution in [2.24, 2.45) is 0 Å². The van der Waals surface area contributed by atoms with Crippen molar-refractivity contribution < 1.29 is 14.6 Å². The molecule has 0 spiro atoms. The Morgan fingerprint density at radius 3 is 2.73 bits per heavy atom. The van der Waals surface area contributed by atoms with Gasteiger partial charge in [0.25, 0.3) is 0 Å². The maximum atomic E-state index is 11.7. The van der Waals surface area contributed by atoms with Crippen LogP contribution in [0.4, 0.5) is 0 Å². The second-order valence-electron chi connectivity index (χ2n) is 5.85. The van der Waals surface area contributed by atoms with E-state index in [1.807, 2.05) is 19.1 Å². The maximum Gasteiger partial charge on any atom is 0.336 e. The van der Waals surface area contributed by atoms with Crippen molar-refractivity contribution in [2.75, 3.05) is 6.61 Å². The molecule has 0 saturated heterocycles. The van der Waals surface area contributed by atoms with Gasteiger partial charge in [-0.15, -0.1) is 0 Å². The van der Waals surface area contributed by atoms with Crippen LogP contribution >= 0.6 is 0 Å². The topological polar surface area (TPSA) is 59.4 Å². The fourth-order valence-electron chi connectivity index (χ4n) is 3.27. The second-order valence-corrected chi connectivity index (χ2v) is 5.85. The fourth-order valence-corrected chi connectivity index (χ4v) is 3.27. The summed E-state index contributed by atoms with van der Waals surface area (Å²) < 4.78 is 5.47. The number of hydrogen-bond donors (Lipinski definition) is 1. The molecule has 1 N–H and O–H groups in total. The zero-order valence-corrected chi connectivity index (χ0v) is 12.8. The Morgan fingerprint density at radius 1 is 1.27 bits per heavy atom. The number of carbonyl (C=O) groups is 1. The van der Waals surface area contributed by atoms with Crippen molar-refractivity contribution in [2.45, 2.75) is 44.9 Å². The van der Waals surface area contributed by atoms with E-state index in [2.05, 4.69) is 0 Å². The molecule has 1 aromatic carbocycles. The van der Waals surface area contributed by atoms with Crippen LogP contribution in [0.5, 0.6) is 5.75 Å². The van der Waals surface area contributed by atoms with Crippen LogP contribution in [0.25, 0.3) is 10.9 Å². The van der Waals surface area contributed by atoms with E-state index in [-0.39, 0.29) is 0 Å². The molecule has 1 aliphatic rings. The van der Waals surface area contributed by atoms with Gasteiger partial charge in [0.05, 0.1) is 17.7 Å². The van der Waals surface area contributed by atoms with Crippen LogP contribution in [-0.4, -0.2) is 22.7 Å². The molecule has 1 fully saturated rings. The van der Waals surface area contributed by atoms with Gasteiger partial charge in [-0.25, -0.2) is 4.79 Å². The predicted octanol–water partition coefficient (Wildman–Crippen LogP) is 4.38. The normalized spacial score (nSPS) is 15.9. The van der Waals surface area contributed by atoms with Crippen LogP contribution in [0.1, 0.15) is 61.0 Å². The average molecular weight is 299 g/mol. The van der Waals surface area contributed by atoms with E-state index in [4.69, 9.17) is 9.72 Å². The van der Waals surface area contributed by atoms with E-state index in [1.54, 1.807) is 12.1 Å². The van der Waals surface area contributed by atoms with Gasteiger partial charge >= 0.3 is 5.97 Å². The first-order valence-electron chi connectivity index (χ1n) is 8.00. The van der Waals surface area contributed by atoms with Gasteiger partial charge in [0.15, 0.2) is 0 Å². The van der Waals surface area contributed by atoms with Crippen LogP contribution in [0.2, 0.25) is 0 Å². The largest absolute Gasteiger partial charge is 0.494 e. The molecule has 0 aliphatic heterocycles. The lowest BCUT2D eigenvalue weighted by molar-refractivity contribution is 0.0699. The maximum absolute atomic E-state index is 11.7. The molecule has 3 rings (SSSR count). The molecule has 0 atom stereocenters. The van der Waals surface area contributed by atoms with Gasteiger partial charge in [-0.05, 0) is 44.0 Å². The van der Waals surface area contributed by atoms with Crippen molar-refractivity contribution in [1.82, 2.24) is 4.98 Å². The number of benzene rings is 1. The van der Waals surface area contributed by atoms with E-state index in [0.29, 0.717) is 29.2 Å². The fraction of sp³-hybridized carbons (Fsp3) is 0.444. The Balaban J connectivity index is 2.09. The Hall–Kier alpha value is -2.10. The minimum absolute atomic E-state index is 0.326. The number of pyridine rings is 1. The molecule has 116 valence electrons. The first kappa shape index (κ1) is 14.8. The summed E-state index contributed by atoms with van der Waals surface area (Å²) in [5.41, 5.74) is 1.99. The van der Waals surface area contributed by atoms with E-state index in [9.17, 15) is 9.90 Å². The Labute approximate surface area is 130 Å². The number of aromatic nitrogens is 1. The summed E-state index contributed by atoms with van der Waals surface area (Å²) in [5, 5.41) is 10.2. The third-order valence-corrected chi connectivity index (χ3v) is 4.36. The molecule has 1 aliphatic carbocycles. The summed E-state index contributed by atoms with van der Waals surface area (Å²) in [6.45, 7) is 2.47. The first-order valence-corrected chi connectivity index (χ1v) is 8.00. The van der Waals surface area contributed by atoms with E-state index in [1.165, 1.54) is 19.3 Å². The van der Waals surface area contributed by atoms with Gasteiger partial charge in [0.1, 0.15) is 5.75 Å². The number of ether oxygens (including phenoxy) is 1. The molecule has 4 heteroatoms. The minimum atomic E-state index is -0.905. The first-order chi connectivity index (χ1) is 10.7. The van der Waals surface area contributed by atoms with Crippen molar-refractivity contribution in [3.8, 4) is 5.75 Å². The standard InChI is InChI=1S/C18H21NO3/c1-2-22-13-8-9-16-14(10-13)15(18(20)21)11-17(19-16)12-6-4-3-5-7-12/h8-12H,2-7H2,1H3,(H,20,21). The quantitative estimate of drug-likeness (QED) is 0.910. The highest BCUT2D eigenvalue weighted by atomic mass is 16.5. The molecular formula is C18H21NO3. The van der Waals surface area contributed by atoms with Crippen LogP contribution < -0.4 is 4.74 Å². The summed E-state index contributed by atoms with van der Waals surface area (Å²) >= 11 is 0. The molecule has 1 heterocycles. The van der Waals surface area contributed by atoms with Crippen LogP contribution in [-0.2, 0) is 0 Å². The average Bonchev–Trinajstić information content (AvgIpc) is 2.55. The predicted molar refractivity (Wildman–Crippen MR) is 85.7 cm³/mol. The lowest BCUT2D eigenvalue weighted by atomic mass is 9.86. The van der Waals surface area contributed by atoms with Crippen molar-refractivity contribution in [3.05, 3.63) is 35.5 Å². The molecular weight excluding hydrogens is 278 g/mol. The number of carboxylic acid groups (broad SMARTS) is 1. The number of rotatable bonds is 4. The Bertz CT molecular complexity index is 690. The highest BCUT2D eigenvalue weighted by molar-refractivity contribution is 6.03. The third-order valence-electron chi connectivity index (χ3n) is 4.36. The molecule has 0 radical (unpaired) electrons. The van der Waals surface area contributed by atoms with Crippen molar-refractivity contribution in [1.29, 1.82) is 0 Å². The minimum Gasteiger partial charge on any atom is -0.494 e. The SMILES string of the molecule is CCOc1ccc2nc(C3CCCCC3)cc(C(=O)O)c2c1. The van der Waals surface area contributed by atoms with Gasteiger partial charge in [0, 0.05) is 17.0 Å².